The SMILES string of the molecule is CCCCCCCCCC(=O)O[C@@H]1[C@H](OC[C@@H](O)[C@@H](O)[C@H](O)[C@H](O)CO)O[C@H](COC(=O)CCCCC)[C@@H](OC(=O)CCCCC)[C@@H]1OC(=O)CCCCC. The predicted octanol–water partition coefficient (Wildman–Crippen LogP) is 4.32. The van der Waals surface area contributed by atoms with Gasteiger partial charge in [0.2, 0.25) is 0 Å². The van der Waals surface area contributed by atoms with E-state index >= 15 is 0 Å². The van der Waals surface area contributed by atoms with Crippen LogP contribution in [0.4, 0.5) is 0 Å². The van der Waals surface area contributed by atoms with Gasteiger partial charge < -0.3 is 54.0 Å². The fourth-order valence-corrected chi connectivity index (χ4v) is 6.07. The molecule has 1 fully saturated rings. The first-order valence-electron chi connectivity index (χ1n) is 20.8. The smallest absolute Gasteiger partial charge is 0.306 e. The summed E-state index contributed by atoms with van der Waals surface area (Å²) in [6, 6.07) is 0. The summed E-state index contributed by atoms with van der Waals surface area (Å²) in [5, 5.41) is 50.3. The number of hydrogen-bond donors (Lipinski definition) is 5. The van der Waals surface area contributed by atoms with E-state index in [9.17, 15) is 44.7 Å². The van der Waals surface area contributed by atoms with Gasteiger partial charge in [0, 0.05) is 25.7 Å². The molecule has 0 unspecified atom stereocenters. The van der Waals surface area contributed by atoms with E-state index in [-0.39, 0.29) is 25.7 Å². The Hall–Kier alpha value is -2.40. The molecule has 0 aromatic carbocycles. The molecular weight excluding hydrogens is 720 g/mol. The van der Waals surface area contributed by atoms with Crippen molar-refractivity contribution < 1.29 is 73.1 Å². The Labute approximate surface area is 327 Å². The number of carbonyl (C=O) groups excluding carboxylic acids is 4. The van der Waals surface area contributed by atoms with Gasteiger partial charge in [-0.3, -0.25) is 19.2 Å². The summed E-state index contributed by atoms with van der Waals surface area (Å²) >= 11 is 0. The van der Waals surface area contributed by atoms with Gasteiger partial charge in [0.25, 0.3) is 0 Å². The third-order valence-electron chi connectivity index (χ3n) is 9.50. The zero-order valence-electron chi connectivity index (χ0n) is 33.8. The zero-order chi connectivity index (χ0) is 41.0. The molecule has 0 radical (unpaired) electrons. The van der Waals surface area contributed by atoms with Crippen molar-refractivity contribution in [2.45, 2.75) is 211 Å². The summed E-state index contributed by atoms with van der Waals surface area (Å²) in [5.74, 6) is -2.49. The van der Waals surface area contributed by atoms with E-state index in [1.165, 1.54) is 0 Å². The molecule has 322 valence electrons. The van der Waals surface area contributed by atoms with Gasteiger partial charge in [0.05, 0.1) is 13.2 Å². The average molecular weight is 793 g/mol. The fraction of sp³-hybridized carbons (Fsp3) is 0.900. The lowest BCUT2D eigenvalue weighted by molar-refractivity contribution is -0.313. The molecule has 1 rings (SSSR count). The first kappa shape index (κ1) is 50.6. The minimum atomic E-state index is -1.98. The molecule has 55 heavy (non-hydrogen) atoms. The summed E-state index contributed by atoms with van der Waals surface area (Å²) in [7, 11) is 0. The summed E-state index contributed by atoms with van der Waals surface area (Å²) < 4.78 is 35.3. The molecule has 15 nitrogen and oxygen atoms in total. The minimum Gasteiger partial charge on any atom is -0.463 e. The van der Waals surface area contributed by atoms with Gasteiger partial charge in [-0.1, -0.05) is 105 Å². The number of aliphatic hydroxyl groups excluding tert-OH is 5. The van der Waals surface area contributed by atoms with Crippen LogP contribution in [0.5, 0.6) is 0 Å². The number of hydrogen-bond acceptors (Lipinski definition) is 15. The minimum absolute atomic E-state index is 0.0135. The van der Waals surface area contributed by atoms with Crippen LogP contribution in [0.1, 0.15) is 156 Å². The molecule has 1 aliphatic rings. The molecule has 0 aromatic heterocycles. The predicted molar refractivity (Wildman–Crippen MR) is 201 cm³/mol. The van der Waals surface area contributed by atoms with Crippen LogP contribution in [-0.4, -0.2) is 124 Å². The third kappa shape index (κ3) is 21.1. The van der Waals surface area contributed by atoms with Gasteiger partial charge in [-0.2, -0.15) is 0 Å². The topological polar surface area (TPSA) is 225 Å². The molecule has 1 aliphatic heterocycles. The van der Waals surface area contributed by atoms with E-state index in [2.05, 4.69) is 6.92 Å². The molecule has 5 N–H and O–H groups in total. The first-order chi connectivity index (χ1) is 26.4. The van der Waals surface area contributed by atoms with E-state index in [4.69, 9.17) is 28.4 Å². The number of unbranched alkanes of at least 4 members (excludes halogenated alkanes) is 12. The van der Waals surface area contributed by atoms with E-state index in [1.54, 1.807) is 0 Å². The van der Waals surface area contributed by atoms with Crippen molar-refractivity contribution in [3.05, 3.63) is 0 Å². The maximum Gasteiger partial charge on any atom is 0.306 e. The normalized spacial score (nSPS) is 21.9. The van der Waals surface area contributed by atoms with Gasteiger partial charge in [-0.15, -0.1) is 0 Å². The van der Waals surface area contributed by atoms with Crippen LogP contribution >= 0.6 is 0 Å². The second kappa shape index (κ2) is 30.7. The lowest BCUT2D eigenvalue weighted by Crippen LogP contribution is -2.63. The van der Waals surface area contributed by atoms with Crippen molar-refractivity contribution >= 4 is 23.9 Å². The molecular formula is C40H72O15. The Morgan fingerprint density at radius 3 is 1.44 bits per heavy atom. The lowest BCUT2D eigenvalue weighted by atomic mass is 9.97. The van der Waals surface area contributed by atoms with Crippen molar-refractivity contribution in [1.82, 2.24) is 0 Å². The first-order valence-corrected chi connectivity index (χ1v) is 20.8. The molecule has 9 atom stereocenters. The third-order valence-corrected chi connectivity index (χ3v) is 9.50. The van der Waals surface area contributed by atoms with Crippen molar-refractivity contribution in [2.75, 3.05) is 19.8 Å². The highest BCUT2D eigenvalue weighted by molar-refractivity contribution is 5.72. The van der Waals surface area contributed by atoms with Crippen LogP contribution in [0.15, 0.2) is 0 Å². The molecule has 0 bridgehead atoms. The van der Waals surface area contributed by atoms with Crippen LogP contribution < -0.4 is 0 Å². The molecule has 0 spiro atoms. The maximum absolute atomic E-state index is 13.4. The standard InChI is InChI=1S/C40H72O15/c1-5-9-13-14-15-16-20-24-34(47)55-39-38(54-33(46)23-19-12-8-4)37(53-32(45)22-18-11-7-3)30(27-50-31(44)21-17-10-6-2)52-40(39)51-26-29(43)36(49)35(48)28(42)25-41/h28-30,35-43,48-49H,5-27H2,1-4H3/t28-,29-,30-,35-,36-,37-,38+,39+,40-/m1/s1. The van der Waals surface area contributed by atoms with E-state index in [0.717, 1.165) is 77.0 Å². The number of ether oxygens (including phenoxy) is 6. The summed E-state index contributed by atoms with van der Waals surface area (Å²) in [6.45, 7) is 5.99. The maximum atomic E-state index is 13.4. The Morgan fingerprint density at radius 1 is 0.527 bits per heavy atom. The molecule has 1 heterocycles. The number of aliphatic hydroxyl groups is 5. The van der Waals surface area contributed by atoms with Gasteiger partial charge in [0.1, 0.15) is 37.1 Å². The Bertz CT molecular complexity index is 1040. The van der Waals surface area contributed by atoms with E-state index in [1.807, 2.05) is 20.8 Å². The fourth-order valence-electron chi connectivity index (χ4n) is 6.07. The second-order valence-corrected chi connectivity index (χ2v) is 14.5. The average Bonchev–Trinajstić information content (AvgIpc) is 3.17. The van der Waals surface area contributed by atoms with Crippen molar-refractivity contribution in [2.24, 2.45) is 0 Å². The van der Waals surface area contributed by atoms with Crippen molar-refractivity contribution in [1.29, 1.82) is 0 Å². The van der Waals surface area contributed by atoms with Crippen LogP contribution in [0, 0.1) is 0 Å². The van der Waals surface area contributed by atoms with Crippen LogP contribution in [-0.2, 0) is 47.6 Å². The molecule has 15 heteroatoms. The van der Waals surface area contributed by atoms with E-state index < -0.39 is 98.8 Å². The molecule has 0 saturated carbocycles. The number of carbonyl (C=O) groups is 4. The number of esters is 4. The van der Waals surface area contributed by atoms with Crippen molar-refractivity contribution in [3.8, 4) is 0 Å². The highest BCUT2D eigenvalue weighted by Gasteiger charge is 2.53. The second-order valence-electron chi connectivity index (χ2n) is 14.5. The Balaban J connectivity index is 3.52. The van der Waals surface area contributed by atoms with Gasteiger partial charge in [0.15, 0.2) is 24.6 Å². The van der Waals surface area contributed by atoms with Crippen LogP contribution in [0.25, 0.3) is 0 Å². The van der Waals surface area contributed by atoms with Gasteiger partial charge in [-0.05, 0) is 25.7 Å². The highest BCUT2D eigenvalue weighted by Crippen LogP contribution is 2.31. The van der Waals surface area contributed by atoms with Gasteiger partial charge >= 0.3 is 23.9 Å². The summed E-state index contributed by atoms with van der Waals surface area (Å²) in [6.07, 6.45) is -1.53. The Kier molecular flexibility index (Phi) is 28.3. The van der Waals surface area contributed by atoms with Crippen LogP contribution in [0.2, 0.25) is 0 Å². The molecule has 0 aromatic rings. The quantitative estimate of drug-likeness (QED) is 0.0363. The summed E-state index contributed by atoms with van der Waals surface area (Å²) in [5.41, 5.74) is 0. The van der Waals surface area contributed by atoms with Crippen LogP contribution in [0.3, 0.4) is 0 Å². The van der Waals surface area contributed by atoms with Crippen molar-refractivity contribution in [3.63, 3.8) is 0 Å². The molecule has 1 saturated heterocycles. The largest absolute Gasteiger partial charge is 0.463 e. The summed E-state index contributed by atoms with van der Waals surface area (Å²) in [4.78, 5) is 52.6. The highest BCUT2D eigenvalue weighted by atomic mass is 16.7. The Morgan fingerprint density at radius 2 is 0.927 bits per heavy atom. The monoisotopic (exact) mass is 792 g/mol. The molecule has 0 aliphatic carbocycles. The van der Waals surface area contributed by atoms with Gasteiger partial charge in [-0.25, -0.2) is 0 Å². The van der Waals surface area contributed by atoms with E-state index in [0.29, 0.717) is 25.7 Å². The zero-order valence-corrected chi connectivity index (χ0v) is 33.8. The number of rotatable bonds is 32. The molecule has 0 amide bonds. The lowest BCUT2D eigenvalue weighted by Gasteiger charge is -2.44.